The van der Waals surface area contributed by atoms with Crippen LogP contribution in [0.3, 0.4) is 0 Å². The first-order chi connectivity index (χ1) is 13.7. The number of hydrogen-bond acceptors (Lipinski definition) is 8. The molecule has 4 atom stereocenters. The minimum atomic E-state index is -2.36. The molecule has 6 N–H and O–H groups in total. The van der Waals surface area contributed by atoms with Gasteiger partial charge >= 0.3 is 0 Å². The highest BCUT2D eigenvalue weighted by Crippen LogP contribution is 2.33. The molecule has 156 valence electrons. The fourth-order valence-corrected chi connectivity index (χ4v) is 3.20. The zero-order chi connectivity index (χ0) is 21.3. The monoisotopic (exact) mass is 405 g/mol. The van der Waals surface area contributed by atoms with Crippen LogP contribution in [-0.4, -0.2) is 73.6 Å². The number of ether oxygens (including phenoxy) is 1. The Morgan fingerprint density at radius 1 is 1.34 bits per heavy atom. The van der Waals surface area contributed by atoms with Gasteiger partial charge in [-0.3, -0.25) is 14.6 Å². The lowest BCUT2D eigenvalue weighted by Gasteiger charge is -2.49. The number of carbonyl (C=O) groups is 2. The number of aliphatic hydroxyl groups is 4. The van der Waals surface area contributed by atoms with Gasteiger partial charge in [0.2, 0.25) is 5.72 Å². The van der Waals surface area contributed by atoms with Crippen LogP contribution in [0.15, 0.2) is 42.1 Å². The number of fused-ring (bicyclic) bond motifs is 5. The van der Waals surface area contributed by atoms with Crippen molar-refractivity contribution in [2.75, 3.05) is 13.2 Å². The first-order valence-electron chi connectivity index (χ1n) is 8.97. The molecule has 0 aliphatic carbocycles. The maximum absolute atomic E-state index is 12.7. The summed E-state index contributed by atoms with van der Waals surface area (Å²) in [4.78, 5) is 29.5. The van der Waals surface area contributed by atoms with E-state index in [0.29, 0.717) is 5.69 Å². The fraction of sp³-hybridized carbons (Fsp3) is 0.421. The third-order valence-electron chi connectivity index (χ3n) is 4.97. The minimum Gasteiger partial charge on any atom is -0.393 e. The molecule has 1 aromatic rings. The van der Waals surface area contributed by atoms with Crippen molar-refractivity contribution in [3.05, 3.63) is 47.8 Å². The zero-order valence-corrected chi connectivity index (χ0v) is 15.7. The number of aromatic nitrogens is 1. The Morgan fingerprint density at radius 2 is 2.10 bits per heavy atom. The van der Waals surface area contributed by atoms with Gasteiger partial charge in [0.15, 0.2) is 0 Å². The number of nitrogens with zero attached hydrogens (tertiary/aromatic N) is 1. The summed E-state index contributed by atoms with van der Waals surface area (Å²) in [7, 11) is 0. The number of rotatable bonds is 5. The van der Waals surface area contributed by atoms with Crippen LogP contribution in [-0.2, 0) is 14.3 Å². The molecule has 3 saturated heterocycles. The van der Waals surface area contributed by atoms with Crippen molar-refractivity contribution in [3.63, 3.8) is 0 Å². The smallest absolute Gasteiger partial charge is 0.280 e. The quantitative estimate of drug-likeness (QED) is 0.334. The molecule has 1 aromatic heterocycles. The van der Waals surface area contributed by atoms with Crippen LogP contribution in [0.2, 0.25) is 0 Å². The molecule has 2 bridgehead atoms. The number of nitrogens with one attached hydrogen (secondary N) is 2. The van der Waals surface area contributed by atoms with E-state index in [1.54, 1.807) is 36.5 Å². The van der Waals surface area contributed by atoms with Crippen LogP contribution in [0, 0.1) is 0 Å². The average Bonchev–Trinajstić information content (AvgIpc) is 2.69. The second-order valence-electron chi connectivity index (χ2n) is 7.18. The molecule has 0 aromatic carbocycles. The molecule has 4 heterocycles. The van der Waals surface area contributed by atoms with Gasteiger partial charge in [0.25, 0.3) is 17.5 Å². The van der Waals surface area contributed by atoms with E-state index in [0.717, 1.165) is 6.92 Å². The number of allylic oxidation sites excluding steroid dienone is 2. The van der Waals surface area contributed by atoms with E-state index in [1.165, 1.54) is 6.08 Å². The predicted molar refractivity (Wildman–Crippen MR) is 99.6 cm³/mol. The van der Waals surface area contributed by atoms with Crippen molar-refractivity contribution in [1.82, 2.24) is 15.6 Å². The Hall–Kier alpha value is -2.63. The molecule has 10 nitrogen and oxygen atoms in total. The van der Waals surface area contributed by atoms with Gasteiger partial charge in [-0.05, 0) is 37.1 Å². The Kier molecular flexibility index (Phi) is 5.57. The van der Waals surface area contributed by atoms with Gasteiger partial charge in [0.05, 0.1) is 18.9 Å². The standard InChI is InChI=1S/C19H23N3O7/c1-17(27,11-23)14(24)19-16(26)21-18(28,15(25)22-19)12(8-10-29-19)5-4-7-13-6-2-3-9-20-13/h2-7,9,14,23-24,27-28H,8,10-11H2,1H3,(H,21,26)(H,22,25)/b7-4+,12-5+/t14-,17-,18+,19-/m0/s1. The molecule has 0 saturated carbocycles. The lowest BCUT2D eigenvalue weighted by molar-refractivity contribution is -0.230. The summed E-state index contributed by atoms with van der Waals surface area (Å²) in [5, 5.41) is 45.2. The normalized spacial score (nSPS) is 31.7. The lowest BCUT2D eigenvalue weighted by atomic mass is 9.84. The van der Waals surface area contributed by atoms with E-state index in [4.69, 9.17) is 4.74 Å². The topological polar surface area (TPSA) is 161 Å². The van der Waals surface area contributed by atoms with Crippen molar-refractivity contribution < 1.29 is 34.8 Å². The maximum atomic E-state index is 12.7. The van der Waals surface area contributed by atoms with E-state index < -0.39 is 41.6 Å². The summed E-state index contributed by atoms with van der Waals surface area (Å²) in [5.74, 6) is -2.10. The third kappa shape index (κ3) is 3.68. The van der Waals surface area contributed by atoms with Crippen molar-refractivity contribution in [2.24, 2.45) is 0 Å². The molecule has 3 aliphatic rings. The molecular weight excluding hydrogens is 382 g/mol. The van der Waals surface area contributed by atoms with Gasteiger partial charge in [-0.15, -0.1) is 0 Å². The van der Waals surface area contributed by atoms with E-state index in [9.17, 15) is 30.0 Å². The zero-order valence-electron chi connectivity index (χ0n) is 15.7. The molecule has 4 rings (SSSR count). The molecular formula is C19H23N3O7. The minimum absolute atomic E-state index is 0.0481. The Bertz CT molecular complexity index is 855. The summed E-state index contributed by atoms with van der Waals surface area (Å²) in [6, 6.07) is 5.34. The second kappa shape index (κ2) is 7.65. The average molecular weight is 405 g/mol. The lowest BCUT2D eigenvalue weighted by Crippen LogP contribution is -2.82. The molecule has 3 aliphatic heterocycles. The molecule has 3 fully saturated rings. The van der Waals surface area contributed by atoms with Gasteiger partial charge < -0.3 is 35.8 Å². The number of hydrogen-bond donors (Lipinski definition) is 6. The van der Waals surface area contributed by atoms with Gasteiger partial charge in [0.1, 0.15) is 11.7 Å². The van der Waals surface area contributed by atoms with Crippen LogP contribution >= 0.6 is 0 Å². The van der Waals surface area contributed by atoms with Crippen molar-refractivity contribution in [3.8, 4) is 0 Å². The van der Waals surface area contributed by atoms with Crippen molar-refractivity contribution in [2.45, 2.75) is 36.5 Å². The van der Waals surface area contributed by atoms with Gasteiger partial charge in [-0.1, -0.05) is 18.2 Å². The summed E-state index contributed by atoms with van der Waals surface area (Å²) >= 11 is 0. The number of piperazine rings is 1. The highest BCUT2D eigenvalue weighted by atomic mass is 16.5. The SMILES string of the molecule is C[C@](O)(CO)[C@H](O)[C@@]12NC(=O)[C@@](O)(NC1=O)/C(=C/C=C/c1ccccn1)CCO2. The number of pyridine rings is 1. The van der Waals surface area contributed by atoms with E-state index in [-0.39, 0.29) is 18.6 Å². The first kappa shape index (κ1) is 21.1. The molecule has 10 heteroatoms. The summed E-state index contributed by atoms with van der Waals surface area (Å²) < 4.78 is 5.48. The van der Waals surface area contributed by atoms with Crippen LogP contribution in [0.1, 0.15) is 19.0 Å². The molecule has 0 radical (unpaired) electrons. The van der Waals surface area contributed by atoms with E-state index in [1.807, 2.05) is 0 Å². The maximum Gasteiger partial charge on any atom is 0.280 e. The number of amides is 2. The number of aliphatic hydroxyl groups excluding tert-OH is 2. The highest BCUT2D eigenvalue weighted by molar-refractivity contribution is 6.03. The summed E-state index contributed by atoms with van der Waals surface area (Å²) in [6.07, 6.45) is 4.37. The Labute approximate surface area is 166 Å². The highest BCUT2D eigenvalue weighted by Gasteiger charge is 2.63. The second-order valence-corrected chi connectivity index (χ2v) is 7.18. The van der Waals surface area contributed by atoms with Crippen LogP contribution in [0.4, 0.5) is 0 Å². The van der Waals surface area contributed by atoms with Crippen molar-refractivity contribution in [1.29, 1.82) is 0 Å². The van der Waals surface area contributed by atoms with Gasteiger partial charge in [-0.25, -0.2) is 0 Å². The van der Waals surface area contributed by atoms with E-state index in [2.05, 4.69) is 15.6 Å². The van der Waals surface area contributed by atoms with Crippen LogP contribution < -0.4 is 10.6 Å². The molecule has 0 spiro atoms. The molecule has 29 heavy (non-hydrogen) atoms. The molecule has 0 unspecified atom stereocenters. The summed E-state index contributed by atoms with van der Waals surface area (Å²) in [5.41, 5.74) is -6.05. The first-order valence-corrected chi connectivity index (χ1v) is 8.97. The van der Waals surface area contributed by atoms with Crippen molar-refractivity contribution >= 4 is 17.9 Å². The van der Waals surface area contributed by atoms with Gasteiger partial charge in [0, 0.05) is 6.20 Å². The van der Waals surface area contributed by atoms with E-state index >= 15 is 0 Å². The largest absolute Gasteiger partial charge is 0.393 e. The Balaban J connectivity index is 1.91. The molecule has 2 amide bonds. The number of carbonyl (C=O) groups excluding carboxylic acids is 2. The fourth-order valence-electron chi connectivity index (χ4n) is 3.20. The van der Waals surface area contributed by atoms with Crippen LogP contribution in [0.5, 0.6) is 0 Å². The summed E-state index contributed by atoms with van der Waals surface area (Å²) in [6.45, 7) is 0.0382. The van der Waals surface area contributed by atoms with Gasteiger partial charge in [-0.2, -0.15) is 0 Å². The van der Waals surface area contributed by atoms with Crippen LogP contribution in [0.25, 0.3) is 6.08 Å². The Morgan fingerprint density at radius 3 is 2.76 bits per heavy atom. The predicted octanol–water partition coefficient (Wildman–Crippen LogP) is -1.82. The third-order valence-corrected chi connectivity index (χ3v) is 4.97.